The van der Waals surface area contributed by atoms with Gasteiger partial charge in [0.25, 0.3) is 0 Å². The van der Waals surface area contributed by atoms with E-state index in [1.54, 1.807) is 32.4 Å². The zero-order valence-electron chi connectivity index (χ0n) is 18.0. The van der Waals surface area contributed by atoms with E-state index in [4.69, 9.17) is 9.47 Å². The van der Waals surface area contributed by atoms with Gasteiger partial charge < -0.3 is 14.8 Å². The Kier molecular flexibility index (Phi) is 7.31. The van der Waals surface area contributed by atoms with Gasteiger partial charge in [0.1, 0.15) is 11.5 Å². The predicted octanol–water partition coefficient (Wildman–Crippen LogP) is 5.44. The van der Waals surface area contributed by atoms with Crippen LogP contribution < -0.4 is 14.8 Å². The zero-order chi connectivity index (χ0) is 23.2. The minimum atomic E-state index is -0.198. The van der Waals surface area contributed by atoms with Crippen molar-refractivity contribution in [3.8, 4) is 28.6 Å². The highest BCUT2D eigenvalue weighted by Crippen LogP contribution is 2.33. The minimum absolute atomic E-state index is 0.140. The van der Waals surface area contributed by atoms with Gasteiger partial charge in [-0.25, -0.2) is 0 Å². The lowest BCUT2D eigenvalue weighted by Gasteiger charge is -2.13. The van der Waals surface area contributed by atoms with Gasteiger partial charge in [-0.3, -0.25) is 9.36 Å². The van der Waals surface area contributed by atoms with Crippen molar-refractivity contribution >= 4 is 39.3 Å². The van der Waals surface area contributed by atoms with Gasteiger partial charge in [-0.15, -0.1) is 10.2 Å². The summed E-state index contributed by atoms with van der Waals surface area (Å²) in [6, 6.07) is 22.9. The van der Waals surface area contributed by atoms with Crippen LogP contribution >= 0.6 is 27.7 Å². The van der Waals surface area contributed by atoms with Crippen LogP contribution in [0.3, 0.4) is 0 Å². The second-order valence-electron chi connectivity index (χ2n) is 6.86. The Morgan fingerprint density at radius 3 is 2.48 bits per heavy atom. The summed E-state index contributed by atoms with van der Waals surface area (Å²) in [4.78, 5) is 12.7. The van der Waals surface area contributed by atoms with Crippen molar-refractivity contribution in [1.82, 2.24) is 14.8 Å². The van der Waals surface area contributed by atoms with E-state index in [0.717, 1.165) is 15.7 Å². The zero-order valence-corrected chi connectivity index (χ0v) is 20.4. The molecule has 1 N–H and O–H groups in total. The molecule has 168 valence electrons. The third-order valence-electron chi connectivity index (χ3n) is 4.78. The summed E-state index contributed by atoms with van der Waals surface area (Å²) in [5.74, 6) is 1.81. The van der Waals surface area contributed by atoms with E-state index in [1.165, 1.54) is 11.8 Å². The van der Waals surface area contributed by atoms with Crippen molar-refractivity contribution in [2.24, 2.45) is 0 Å². The van der Waals surface area contributed by atoms with Crippen LogP contribution in [0.15, 0.2) is 82.4 Å². The number of para-hydroxylation sites is 1. The summed E-state index contributed by atoms with van der Waals surface area (Å²) in [6.45, 7) is 0. The molecule has 0 aliphatic heterocycles. The summed E-state index contributed by atoms with van der Waals surface area (Å²) < 4.78 is 13.4. The number of amides is 1. The van der Waals surface area contributed by atoms with Crippen LogP contribution in [0.2, 0.25) is 0 Å². The highest BCUT2D eigenvalue weighted by atomic mass is 79.9. The van der Waals surface area contributed by atoms with Crippen LogP contribution in [-0.2, 0) is 4.79 Å². The Bertz CT molecular complexity index is 1260. The lowest BCUT2D eigenvalue weighted by atomic mass is 10.2. The molecule has 7 nitrogen and oxygen atoms in total. The van der Waals surface area contributed by atoms with E-state index in [1.807, 2.05) is 59.2 Å². The van der Waals surface area contributed by atoms with E-state index >= 15 is 0 Å². The first kappa shape index (κ1) is 22.9. The second-order valence-corrected chi connectivity index (χ2v) is 8.66. The van der Waals surface area contributed by atoms with E-state index in [0.29, 0.717) is 28.2 Å². The Balaban J connectivity index is 1.59. The van der Waals surface area contributed by atoms with Gasteiger partial charge in [0.05, 0.1) is 25.7 Å². The fourth-order valence-corrected chi connectivity index (χ4v) is 4.43. The molecule has 1 heterocycles. The number of thioether (sulfide) groups is 1. The van der Waals surface area contributed by atoms with E-state index in [9.17, 15) is 4.79 Å². The van der Waals surface area contributed by atoms with Crippen LogP contribution in [-0.4, -0.2) is 40.6 Å². The summed E-state index contributed by atoms with van der Waals surface area (Å²) in [6.07, 6.45) is 0. The molecule has 0 aliphatic carbocycles. The highest BCUT2D eigenvalue weighted by Gasteiger charge is 2.19. The molecule has 0 bridgehead atoms. The van der Waals surface area contributed by atoms with Crippen LogP contribution in [0.25, 0.3) is 17.1 Å². The number of halogens is 1. The number of ether oxygens (including phenoxy) is 2. The number of rotatable bonds is 8. The number of benzene rings is 3. The van der Waals surface area contributed by atoms with Gasteiger partial charge in [-0.05, 0) is 30.3 Å². The smallest absolute Gasteiger partial charge is 0.234 e. The van der Waals surface area contributed by atoms with Crippen LogP contribution in [0.1, 0.15) is 0 Å². The Hall–Kier alpha value is -3.30. The van der Waals surface area contributed by atoms with Crippen molar-refractivity contribution in [1.29, 1.82) is 0 Å². The maximum atomic E-state index is 12.7. The Labute approximate surface area is 204 Å². The van der Waals surface area contributed by atoms with Gasteiger partial charge in [0.15, 0.2) is 11.0 Å². The monoisotopic (exact) mass is 524 g/mol. The van der Waals surface area contributed by atoms with Gasteiger partial charge in [-0.2, -0.15) is 0 Å². The molecule has 0 saturated heterocycles. The molecule has 1 amide bonds. The fraction of sp³-hybridized carbons (Fsp3) is 0.125. The average molecular weight is 525 g/mol. The Morgan fingerprint density at radius 1 is 1.00 bits per heavy atom. The molecule has 0 saturated carbocycles. The van der Waals surface area contributed by atoms with Crippen molar-refractivity contribution in [2.75, 3.05) is 25.3 Å². The van der Waals surface area contributed by atoms with Gasteiger partial charge >= 0.3 is 0 Å². The van der Waals surface area contributed by atoms with Crippen molar-refractivity contribution < 1.29 is 14.3 Å². The lowest BCUT2D eigenvalue weighted by Crippen LogP contribution is -2.15. The first-order valence-corrected chi connectivity index (χ1v) is 11.8. The van der Waals surface area contributed by atoms with E-state index in [-0.39, 0.29) is 11.7 Å². The molecule has 1 aromatic heterocycles. The molecular formula is C24H21BrN4O3S. The predicted molar refractivity (Wildman–Crippen MR) is 133 cm³/mol. The summed E-state index contributed by atoms with van der Waals surface area (Å²) in [5, 5.41) is 12.3. The highest BCUT2D eigenvalue weighted by molar-refractivity contribution is 9.10. The van der Waals surface area contributed by atoms with Crippen molar-refractivity contribution in [3.63, 3.8) is 0 Å². The molecular weight excluding hydrogens is 504 g/mol. The number of anilines is 1. The molecule has 0 radical (unpaired) electrons. The Morgan fingerprint density at radius 2 is 1.76 bits per heavy atom. The summed E-state index contributed by atoms with van der Waals surface area (Å²) >= 11 is 4.90. The largest absolute Gasteiger partial charge is 0.497 e. The number of nitrogens with one attached hydrogen (secondary N) is 1. The van der Waals surface area contributed by atoms with Gasteiger partial charge in [-0.1, -0.05) is 64.1 Å². The summed E-state index contributed by atoms with van der Waals surface area (Å²) in [5.41, 5.74) is 2.36. The molecule has 0 spiro atoms. The van der Waals surface area contributed by atoms with Gasteiger partial charge in [0, 0.05) is 21.8 Å². The minimum Gasteiger partial charge on any atom is -0.497 e. The summed E-state index contributed by atoms with van der Waals surface area (Å²) in [7, 11) is 3.13. The maximum absolute atomic E-state index is 12.7. The fourth-order valence-electron chi connectivity index (χ4n) is 3.22. The topological polar surface area (TPSA) is 78.3 Å². The second kappa shape index (κ2) is 10.5. The van der Waals surface area contributed by atoms with Crippen LogP contribution in [0.4, 0.5) is 5.69 Å². The van der Waals surface area contributed by atoms with E-state index in [2.05, 4.69) is 31.4 Å². The molecule has 0 unspecified atom stereocenters. The molecule has 4 rings (SSSR count). The quantitative estimate of drug-likeness (QED) is 0.309. The molecule has 0 aliphatic rings. The standard InChI is InChI=1S/C24H21BrN4O3S/c1-31-17-12-13-21(32-2)20(14-17)26-22(30)15-33-24-28-27-23(18-10-6-7-11-19(18)25)29(24)16-8-4-3-5-9-16/h3-14H,15H2,1-2H3,(H,26,30). The molecule has 4 aromatic rings. The van der Waals surface area contributed by atoms with Crippen molar-refractivity contribution in [2.45, 2.75) is 5.16 Å². The first-order valence-electron chi connectivity index (χ1n) is 10.0. The number of aromatic nitrogens is 3. The molecule has 9 heteroatoms. The number of carbonyl (C=O) groups excluding carboxylic acids is 1. The number of hydrogen-bond acceptors (Lipinski definition) is 6. The van der Waals surface area contributed by atoms with E-state index < -0.39 is 0 Å². The van der Waals surface area contributed by atoms with Crippen LogP contribution in [0, 0.1) is 0 Å². The maximum Gasteiger partial charge on any atom is 0.234 e. The molecule has 3 aromatic carbocycles. The number of methoxy groups -OCH3 is 2. The molecule has 33 heavy (non-hydrogen) atoms. The van der Waals surface area contributed by atoms with Crippen LogP contribution in [0.5, 0.6) is 11.5 Å². The number of nitrogens with zero attached hydrogens (tertiary/aromatic N) is 3. The average Bonchev–Trinajstić information content (AvgIpc) is 3.27. The molecule has 0 atom stereocenters. The number of hydrogen-bond donors (Lipinski definition) is 1. The first-order chi connectivity index (χ1) is 16.1. The third-order valence-corrected chi connectivity index (χ3v) is 6.40. The third kappa shape index (κ3) is 5.20. The normalized spacial score (nSPS) is 10.6. The molecule has 0 fully saturated rings. The van der Waals surface area contributed by atoms with Gasteiger partial charge in [0.2, 0.25) is 5.91 Å². The SMILES string of the molecule is COc1ccc(OC)c(NC(=O)CSc2nnc(-c3ccccc3Br)n2-c2ccccc2)c1. The number of carbonyl (C=O) groups is 1. The lowest BCUT2D eigenvalue weighted by molar-refractivity contribution is -0.113. The van der Waals surface area contributed by atoms with Crippen molar-refractivity contribution in [3.05, 3.63) is 77.3 Å².